The van der Waals surface area contributed by atoms with Crippen LogP contribution in [0.1, 0.15) is 26.3 Å². The third-order valence-electron chi connectivity index (χ3n) is 3.10. The van der Waals surface area contributed by atoms with Gasteiger partial charge in [0.2, 0.25) is 0 Å². The van der Waals surface area contributed by atoms with Crippen LogP contribution in [-0.4, -0.2) is 45.5 Å². The van der Waals surface area contributed by atoms with Crippen molar-refractivity contribution in [1.29, 1.82) is 0 Å². The van der Waals surface area contributed by atoms with Crippen molar-refractivity contribution in [2.24, 2.45) is 10.7 Å². The van der Waals surface area contributed by atoms with Crippen molar-refractivity contribution in [3.8, 4) is 11.5 Å². The molecule has 6 heteroatoms. The summed E-state index contributed by atoms with van der Waals surface area (Å²) in [5.74, 6) is 1.98. The molecule has 6 nitrogen and oxygen atoms in total. The number of aliphatic imine (C=N–C) groups is 1. The van der Waals surface area contributed by atoms with Gasteiger partial charge in [-0.1, -0.05) is 6.07 Å². The summed E-state index contributed by atoms with van der Waals surface area (Å²) in [5, 5.41) is 3.08. The summed E-state index contributed by atoms with van der Waals surface area (Å²) < 4.78 is 16.2. The van der Waals surface area contributed by atoms with Gasteiger partial charge in [0.15, 0.2) is 17.5 Å². The van der Waals surface area contributed by atoms with Crippen molar-refractivity contribution in [2.45, 2.75) is 33.2 Å². The minimum absolute atomic E-state index is 0.138. The number of nitrogens with zero attached hydrogens (tertiary/aromatic N) is 1. The standard InChI is InChI=1S/C17H29N3O3/c1-5-22-15-8-7-14(11-16(15)23-6-2)9-10-19-17(18)20-13(3)12-21-4/h7-8,11,13H,5-6,9-10,12H2,1-4H3,(H3,18,19,20)/t13-/m1/s1. The molecular formula is C17H29N3O3. The number of hydrogen-bond acceptors (Lipinski definition) is 4. The SMILES string of the molecule is CCOc1ccc(CCN=C(N)N[C@H](C)COC)cc1OCC. The Kier molecular flexibility index (Phi) is 8.90. The maximum Gasteiger partial charge on any atom is 0.188 e. The van der Waals surface area contributed by atoms with Gasteiger partial charge in [-0.15, -0.1) is 0 Å². The summed E-state index contributed by atoms with van der Waals surface area (Å²) in [5.41, 5.74) is 6.99. The number of nitrogens with one attached hydrogen (secondary N) is 1. The number of nitrogens with two attached hydrogens (primary N) is 1. The number of hydrogen-bond donors (Lipinski definition) is 2. The summed E-state index contributed by atoms with van der Waals surface area (Å²) in [7, 11) is 1.66. The van der Waals surface area contributed by atoms with Crippen LogP contribution in [0.2, 0.25) is 0 Å². The van der Waals surface area contributed by atoms with Gasteiger partial charge in [0.1, 0.15) is 0 Å². The van der Waals surface area contributed by atoms with E-state index in [1.807, 2.05) is 39.0 Å². The molecule has 1 atom stereocenters. The molecule has 130 valence electrons. The Morgan fingerprint density at radius 3 is 2.57 bits per heavy atom. The molecule has 0 fully saturated rings. The van der Waals surface area contributed by atoms with E-state index in [-0.39, 0.29) is 6.04 Å². The van der Waals surface area contributed by atoms with E-state index in [2.05, 4.69) is 10.3 Å². The number of benzene rings is 1. The highest BCUT2D eigenvalue weighted by atomic mass is 16.5. The van der Waals surface area contributed by atoms with Gasteiger partial charge < -0.3 is 25.3 Å². The molecule has 0 radical (unpaired) electrons. The minimum Gasteiger partial charge on any atom is -0.490 e. The quantitative estimate of drug-likeness (QED) is 0.508. The van der Waals surface area contributed by atoms with E-state index in [0.717, 1.165) is 23.5 Å². The molecule has 0 bridgehead atoms. The molecule has 0 unspecified atom stereocenters. The first kappa shape index (κ1) is 19.1. The van der Waals surface area contributed by atoms with Crippen LogP contribution in [0.25, 0.3) is 0 Å². The molecule has 1 rings (SSSR count). The molecule has 0 spiro atoms. The average molecular weight is 323 g/mol. The van der Waals surface area contributed by atoms with Crippen LogP contribution < -0.4 is 20.5 Å². The Morgan fingerprint density at radius 2 is 1.91 bits per heavy atom. The molecule has 0 aliphatic carbocycles. The van der Waals surface area contributed by atoms with Crippen LogP contribution in [0, 0.1) is 0 Å². The first-order valence-electron chi connectivity index (χ1n) is 8.04. The van der Waals surface area contributed by atoms with Gasteiger partial charge in [0.05, 0.1) is 19.8 Å². The minimum atomic E-state index is 0.138. The van der Waals surface area contributed by atoms with E-state index in [1.54, 1.807) is 7.11 Å². The van der Waals surface area contributed by atoms with Crippen LogP contribution in [-0.2, 0) is 11.2 Å². The molecule has 0 saturated heterocycles. The highest BCUT2D eigenvalue weighted by molar-refractivity contribution is 5.78. The highest BCUT2D eigenvalue weighted by Gasteiger charge is 2.06. The third-order valence-corrected chi connectivity index (χ3v) is 3.10. The molecule has 0 aromatic heterocycles. The van der Waals surface area contributed by atoms with Gasteiger partial charge in [-0.2, -0.15) is 0 Å². The van der Waals surface area contributed by atoms with Crippen molar-refractivity contribution in [1.82, 2.24) is 5.32 Å². The monoisotopic (exact) mass is 323 g/mol. The summed E-state index contributed by atoms with van der Waals surface area (Å²) in [6.45, 7) is 8.33. The van der Waals surface area contributed by atoms with E-state index < -0.39 is 0 Å². The molecule has 0 aliphatic rings. The molecule has 23 heavy (non-hydrogen) atoms. The Labute approximate surface area is 139 Å². The molecule has 0 heterocycles. The Morgan fingerprint density at radius 1 is 1.22 bits per heavy atom. The molecule has 0 aliphatic heterocycles. The summed E-state index contributed by atoms with van der Waals surface area (Å²) in [6.07, 6.45) is 0.785. The van der Waals surface area contributed by atoms with Crippen LogP contribution in [0.4, 0.5) is 0 Å². The summed E-state index contributed by atoms with van der Waals surface area (Å²) in [6, 6.07) is 6.11. The van der Waals surface area contributed by atoms with Gasteiger partial charge in [-0.3, -0.25) is 4.99 Å². The highest BCUT2D eigenvalue weighted by Crippen LogP contribution is 2.28. The number of methoxy groups -OCH3 is 1. The van der Waals surface area contributed by atoms with Gasteiger partial charge in [-0.05, 0) is 44.9 Å². The smallest absolute Gasteiger partial charge is 0.188 e. The van der Waals surface area contributed by atoms with Crippen molar-refractivity contribution < 1.29 is 14.2 Å². The lowest BCUT2D eigenvalue weighted by molar-refractivity contribution is 0.179. The fourth-order valence-corrected chi connectivity index (χ4v) is 2.15. The number of ether oxygens (including phenoxy) is 3. The Bertz CT molecular complexity index is 492. The third kappa shape index (κ3) is 7.23. The van der Waals surface area contributed by atoms with Crippen LogP contribution in [0.3, 0.4) is 0 Å². The average Bonchev–Trinajstić information content (AvgIpc) is 2.50. The zero-order valence-electron chi connectivity index (χ0n) is 14.6. The maximum absolute atomic E-state index is 5.85. The molecule has 1 aromatic carbocycles. The number of guanidine groups is 1. The normalized spacial score (nSPS) is 12.8. The largest absolute Gasteiger partial charge is 0.490 e. The van der Waals surface area contributed by atoms with Crippen LogP contribution in [0.15, 0.2) is 23.2 Å². The van der Waals surface area contributed by atoms with Crippen molar-refractivity contribution >= 4 is 5.96 Å². The van der Waals surface area contributed by atoms with Crippen LogP contribution in [0.5, 0.6) is 11.5 Å². The summed E-state index contributed by atoms with van der Waals surface area (Å²) >= 11 is 0. The van der Waals surface area contributed by atoms with Gasteiger partial charge in [0, 0.05) is 19.7 Å². The van der Waals surface area contributed by atoms with E-state index in [4.69, 9.17) is 19.9 Å². The predicted octanol–water partition coefficient (Wildman–Crippen LogP) is 1.97. The lowest BCUT2D eigenvalue weighted by Gasteiger charge is -2.13. The molecule has 3 N–H and O–H groups in total. The Hall–Kier alpha value is -1.95. The second-order valence-corrected chi connectivity index (χ2v) is 5.16. The first-order chi connectivity index (χ1) is 11.1. The topological polar surface area (TPSA) is 78.1 Å². The molecule has 0 saturated carbocycles. The summed E-state index contributed by atoms with van der Waals surface area (Å²) in [4.78, 5) is 4.33. The van der Waals surface area contributed by atoms with E-state index >= 15 is 0 Å². The lowest BCUT2D eigenvalue weighted by Crippen LogP contribution is -2.40. The fourth-order valence-electron chi connectivity index (χ4n) is 2.15. The predicted molar refractivity (Wildman–Crippen MR) is 93.4 cm³/mol. The maximum atomic E-state index is 5.85. The second-order valence-electron chi connectivity index (χ2n) is 5.16. The molecule has 1 aromatic rings. The van der Waals surface area contributed by atoms with Gasteiger partial charge in [0.25, 0.3) is 0 Å². The fraction of sp³-hybridized carbons (Fsp3) is 0.588. The Balaban J connectivity index is 2.58. The van der Waals surface area contributed by atoms with E-state index in [1.165, 1.54) is 0 Å². The molecular weight excluding hydrogens is 294 g/mol. The van der Waals surface area contributed by atoms with Crippen molar-refractivity contribution in [2.75, 3.05) is 33.5 Å². The van der Waals surface area contributed by atoms with E-state index in [0.29, 0.717) is 32.3 Å². The zero-order chi connectivity index (χ0) is 17.1. The number of rotatable bonds is 10. The van der Waals surface area contributed by atoms with Crippen molar-refractivity contribution in [3.63, 3.8) is 0 Å². The van der Waals surface area contributed by atoms with Crippen molar-refractivity contribution in [3.05, 3.63) is 23.8 Å². The van der Waals surface area contributed by atoms with Gasteiger partial charge in [-0.25, -0.2) is 0 Å². The lowest BCUT2D eigenvalue weighted by atomic mass is 10.1. The second kappa shape index (κ2) is 10.7. The first-order valence-corrected chi connectivity index (χ1v) is 8.04. The molecule has 0 amide bonds. The van der Waals surface area contributed by atoms with Crippen LogP contribution >= 0.6 is 0 Å². The zero-order valence-corrected chi connectivity index (χ0v) is 14.6. The van der Waals surface area contributed by atoms with E-state index in [9.17, 15) is 0 Å². The van der Waals surface area contributed by atoms with Gasteiger partial charge >= 0.3 is 0 Å².